The Morgan fingerprint density at radius 1 is 0.778 bits per heavy atom. The van der Waals surface area contributed by atoms with Crippen molar-refractivity contribution >= 4 is 0 Å². The van der Waals surface area contributed by atoms with E-state index in [2.05, 4.69) is 48.5 Å². The summed E-state index contributed by atoms with van der Waals surface area (Å²) < 4.78 is 5.84. The van der Waals surface area contributed by atoms with Crippen LogP contribution in [0.3, 0.4) is 0 Å². The van der Waals surface area contributed by atoms with Gasteiger partial charge in [0.15, 0.2) is 0 Å². The van der Waals surface area contributed by atoms with Crippen LogP contribution < -0.4 is 9.64 Å². The molecule has 0 aliphatic heterocycles. The molecule has 0 unspecified atom stereocenters. The van der Waals surface area contributed by atoms with Crippen LogP contribution in [0.5, 0.6) is 5.75 Å². The molecule has 0 aliphatic rings. The summed E-state index contributed by atoms with van der Waals surface area (Å²) in [7, 11) is 0. The second-order valence-corrected chi connectivity index (χ2v) is 7.01. The summed E-state index contributed by atoms with van der Waals surface area (Å²) in [6.45, 7) is 4.70. The number of aryl methyl sites for hydroxylation is 1. The van der Waals surface area contributed by atoms with Gasteiger partial charge in [-0.25, -0.2) is 0 Å². The molecular formula is C24H28NO2+. The lowest BCUT2D eigenvalue weighted by molar-refractivity contribution is -0.930. The van der Waals surface area contributed by atoms with Gasteiger partial charge in [-0.05, 0) is 18.6 Å². The van der Waals surface area contributed by atoms with Gasteiger partial charge in [-0.15, -0.1) is 0 Å². The van der Waals surface area contributed by atoms with E-state index in [4.69, 9.17) is 4.74 Å². The largest absolute Gasteiger partial charge is 0.490 e. The first-order valence-corrected chi connectivity index (χ1v) is 9.48. The molecule has 0 saturated carbocycles. The van der Waals surface area contributed by atoms with Crippen molar-refractivity contribution in [2.75, 3.05) is 13.2 Å². The molecule has 3 aromatic rings. The first-order valence-electron chi connectivity index (χ1n) is 9.48. The monoisotopic (exact) mass is 362 g/mol. The molecule has 0 spiro atoms. The molecule has 3 nitrogen and oxygen atoms in total. The highest BCUT2D eigenvalue weighted by Crippen LogP contribution is 2.16. The number of hydrogen-bond acceptors (Lipinski definition) is 2. The summed E-state index contributed by atoms with van der Waals surface area (Å²) in [5, 5.41) is 10.6. The van der Waals surface area contributed by atoms with E-state index < -0.39 is 6.10 Å². The predicted octanol–water partition coefficient (Wildman–Crippen LogP) is 3.02. The van der Waals surface area contributed by atoms with E-state index in [0.717, 1.165) is 24.4 Å². The van der Waals surface area contributed by atoms with Crippen LogP contribution in [0.2, 0.25) is 0 Å². The number of nitrogens with one attached hydrogen (secondary N) is 1. The highest BCUT2D eigenvalue weighted by atomic mass is 16.5. The van der Waals surface area contributed by atoms with Gasteiger partial charge in [0, 0.05) is 11.1 Å². The van der Waals surface area contributed by atoms with Gasteiger partial charge in [0.2, 0.25) is 0 Å². The molecule has 27 heavy (non-hydrogen) atoms. The van der Waals surface area contributed by atoms with Gasteiger partial charge in [0.05, 0.1) is 0 Å². The van der Waals surface area contributed by atoms with E-state index in [1.165, 1.54) is 16.0 Å². The van der Waals surface area contributed by atoms with Crippen molar-refractivity contribution in [3.8, 4) is 5.75 Å². The van der Waals surface area contributed by atoms with E-state index in [1.807, 2.05) is 43.3 Å². The highest BCUT2D eigenvalue weighted by Gasteiger charge is 2.17. The minimum absolute atomic E-state index is 0.304. The molecule has 0 heterocycles. The molecule has 3 aromatic carbocycles. The molecule has 3 rings (SSSR count). The summed E-state index contributed by atoms with van der Waals surface area (Å²) in [4.78, 5) is 1.31. The van der Waals surface area contributed by atoms with Gasteiger partial charge in [0.25, 0.3) is 0 Å². The standard InChI is InChI=1S/C24H27NO2/c1-20-10-8-9-15-24(20)27-19-23(26)18-25(16-21-11-4-2-5-12-21)17-22-13-6-3-7-14-22/h2-15,23,26H,16-19H2,1H3/p+1/t23-/m1/s1. The number of para-hydroxylation sites is 1. The summed E-state index contributed by atoms with van der Waals surface area (Å²) >= 11 is 0. The Labute approximate surface area is 161 Å². The van der Waals surface area contributed by atoms with E-state index >= 15 is 0 Å². The Bertz CT molecular complexity index is 763. The Kier molecular flexibility index (Phi) is 7.03. The van der Waals surface area contributed by atoms with Crippen LogP contribution in [0.25, 0.3) is 0 Å². The second kappa shape index (κ2) is 9.91. The van der Waals surface area contributed by atoms with Crippen molar-refractivity contribution in [1.82, 2.24) is 0 Å². The number of aliphatic hydroxyl groups is 1. The minimum atomic E-state index is -0.521. The molecule has 0 saturated heterocycles. The first kappa shape index (κ1) is 19.2. The molecule has 0 aliphatic carbocycles. The maximum absolute atomic E-state index is 10.6. The van der Waals surface area contributed by atoms with E-state index in [1.54, 1.807) is 0 Å². The fraction of sp³-hybridized carbons (Fsp3) is 0.250. The normalized spacial score (nSPS) is 12.1. The molecule has 0 amide bonds. The Balaban J connectivity index is 1.62. The smallest absolute Gasteiger partial charge is 0.137 e. The molecule has 1 atom stereocenters. The van der Waals surface area contributed by atoms with Crippen molar-refractivity contribution in [3.05, 3.63) is 102 Å². The molecule has 0 radical (unpaired) electrons. The lowest BCUT2D eigenvalue weighted by Crippen LogP contribution is -3.10. The van der Waals surface area contributed by atoms with Crippen molar-refractivity contribution < 1.29 is 14.7 Å². The number of aliphatic hydroxyl groups excluding tert-OH is 1. The average molecular weight is 362 g/mol. The number of benzene rings is 3. The van der Waals surface area contributed by atoms with Gasteiger partial charge in [-0.1, -0.05) is 78.9 Å². The van der Waals surface area contributed by atoms with Gasteiger partial charge in [-0.3, -0.25) is 0 Å². The van der Waals surface area contributed by atoms with Crippen molar-refractivity contribution in [1.29, 1.82) is 0 Å². The second-order valence-electron chi connectivity index (χ2n) is 7.01. The zero-order chi connectivity index (χ0) is 18.9. The van der Waals surface area contributed by atoms with Crippen molar-refractivity contribution in [3.63, 3.8) is 0 Å². The minimum Gasteiger partial charge on any atom is -0.490 e. The molecule has 2 N–H and O–H groups in total. The molecule has 0 bridgehead atoms. The quantitative estimate of drug-likeness (QED) is 0.614. The van der Waals surface area contributed by atoms with Crippen LogP contribution in [-0.2, 0) is 13.1 Å². The van der Waals surface area contributed by atoms with Crippen LogP contribution in [0, 0.1) is 6.92 Å². The number of ether oxygens (including phenoxy) is 1. The predicted molar refractivity (Wildman–Crippen MR) is 109 cm³/mol. The maximum Gasteiger partial charge on any atom is 0.137 e. The topological polar surface area (TPSA) is 33.9 Å². The Hall–Kier alpha value is -2.62. The fourth-order valence-electron chi connectivity index (χ4n) is 3.27. The zero-order valence-corrected chi connectivity index (χ0v) is 15.8. The van der Waals surface area contributed by atoms with E-state index in [0.29, 0.717) is 13.2 Å². The number of quaternary nitrogens is 1. The average Bonchev–Trinajstić information content (AvgIpc) is 2.69. The van der Waals surface area contributed by atoms with Gasteiger partial charge in [-0.2, -0.15) is 0 Å². The molecular weight excluding hydrogens is 334 g/mol. The fourth-order valence-corrected chi connectivity index (χ4v) is 3.27. The van der Waals surface area contributed by atoms with Crippen LogP contribution in [0.4, 0.5) is 0 Å². The number of hydrogen-bond donors (Lipinski definition) is 2. The van der Waals surface area contributed by atoms with Crippen molar-refractivity contribution in [2.24, 2.45) is 0 Å². The third-order valence-corrected chi connectivity index (χ3v) is 4.64. The zero-order valence-electron chi connectivity index (χ0n) is 15.8. The SMILES string of the molecule is Cc1ccccc1OC[C@H](O)C[NH+](Cc1ccccc1)Cc1ccccc1. The Morgan fingerprint density at radius 2 is 1.30 bits per heavy atom. The van der Waals surface area contributed by atoms with Crippen LogP contribution in [-0.4, -0.2) is 24.4 Å². The summed E-state index contributed by atoms with van der Waals surface area (Å²) in [5.41, 5.74) is 3.63. The number of rotatable bonds is 9. The summed E-state index contributed by atoms with van der Waals surface area (Å²) in [6.07, 6.45) is -0.521. The van der Waals surface area contributed by atoms with Crippen molar-refractivity contribution in [2.45, 2.75) is 26.1 Å². The van der Waals surface area contributed by atoms with Gasteiger partial charge < -0.3 is 14.7 Å². The summed E-state index contributed by atoms with van der Waals surface area (Å²) in [6, 6.07) is 28.8. The van der Waals surface area contributed by atoms with Crippen LogP contribution in [0.1, 0.15) is 16.7 Å². The Morgan fingerprint density at radius 3 is 1.85 bits per heavy atom. The molecule has 3 heteroatoms. The molecule has 0 fully saturated rings. The van der Waals surface area contributed by atoms with Gasteiger partial charge in [0.1, 0.15) is 38.1 Å². The molecule has 0 aromatic heterocycles. The summed E-state index contributed by atoms with van der Waals surface area (Å²) in [5.74, 6) is 0.837. The third-order valence-electron chi connectivity index (χ3n) is 4.64. The lowest BCUT2D eigenvalue weighted by atomic mass is 10.1. The maximum atomic E-state index is 10.6. The van der Waals surface area contributed by atoms with Crippen LogP contribution >= 0.6 is 0 Å². The van der Waals surface area contributed by atoms with Crippen LogP contribution in [0.15, 0.2) is 84.9 Å². The lowest BCUT2D eigenvalue weighted by Gasteiger charge is -2.23. The highest BCUT2D eigenvalue weighted by molar-refractivity contribution is 5.31. The van der Waals surface area contributed by atoms with E-state index in [9.17, 15) is 5.11 Å². The third kappa shape index (κ3) is 6.24. The first-order chi connectivity index (χ1) is 13.2. The molecule has 140 valence electrons. The van der Waals surface area contributed by atoms with Gasteiger partial charge >= 0.3 is 0 Å². The van der Waals surface area contributed by atoms with E-state index in [-0.39, 0.29) is 0 Å².